The highest BCUT2D eigenvalue weighted by Gasteiger charge is 2.18. The molecule has 16 heavy (non-hydrogen) atoms. The van der Waals surface area contributed by atoms with Gasteiger partial charge < -0.3 is 14.8 Å². The Labute approximate surface area is 95.7 Å². The lowest BCUT2D eigenvalue weighted by atomic mass is 10.0. The second kappa shape index (κ2) is 5.70. The van der Waals surface area contributed by atoms with Crippen LogP contribution in [0.3, 0.4) is 0 Å². The number of rotatable bonds is 5. The van der Waals surface area contributed by atoms with Crippen LogP contribution in [0.4, 0.5) is 0 Å². The average Bonchev–Trinajstić information content (AvgIpc) is 2.75. The zero-order chi connectivity index (χ0) is 12.1. The van der Waals surface area contributed by atoms with Gasteiger partial charge in [-0.1, -0.05) is 13.8 Å². The van der Waals surface area contributed by atoms with Gasteiger partial charge in [0.1, 0.15) is 5.76 Å². The molecular weight excluding hydrogens is 206 g/mol. The number of nitrogens with one attached hydrogen (secondary N) is 1. The molecule has 0 aliphatic heterocycles. The molecule has 0 bridgehead atoms. The van der Waals surface area contributed by atoms with Crippen molar-refractivity contribution in [3.05, 3.63) is 23.7 Å². The first-order valence-electron chi connectivity index (χ1n) is 5.58. The number of carbonyl (C=O) groups is 1. The number of hydrogen-bond donors (Lipinski definition) is 2. The summed E-state index contributed by atoms with van der Waals surface area (Å²) in [6.45, 7) is 5.77. The Balaban J connectivity index is 2.65. The lowest BCUT2D eigenvalue weighted by Crippen LogP contribution is -2.38. The Bertz CT molecular complexity index is 346. The van der Waals surface area contributed by atoms with Crippen molar-refractivity contribution in [2.24, 2.45) is 5.92 Å². The molecular formula is C12H19NO3. The van der Waals surface area contributed by atoms with E-state index in [0.29, 0.717) is 17.7 Å². The first-order chi connectivity index (χ1) is 7.60. The van der Waals surface area contributed by atoms with E-state index in [1.807, 2.05) is 20.8 Å². The van der Waals surface area contributed by atoms with Crippen molar-refractivity contribution in [1.82, 2.24) is 5.32 Å². The third kappa shape index (κ3) is 2.85. The number of carbonyl (C=O) groups excluding carboxylic acids is 1. The Morgan fingerprint density at radius 2 is 2.25 bits per heavy atom. The predicted molar refractivity (Wildman–Crippen MR) is 61.3 cm³/mol. The number of furan rings is 1. The summed E-state index contributed by atoms with van der Waals surface area (Å²) in [6, 6.07) is 1.61. The predicted octanol–water partition coefficient (Wildman–Crippen LogP) is 1.59. The van der Waals surface area contributed by atoms with Gasteiger partial charge in [0.15, 0.2) is 0 Å². The highest BCUT2D eigenvalue weighted by Crippen LogP contribution is 2.12. The maximum absolute atomic E-state index is 11.9. The molecule has 1 rings (SSSR count). The molecule has 2 N–H and O–H groups in total. The third-order valence-electron chi connectivity index (χ3n) is 2.81. The van der Waals surface area contributed by atoms with Gasteiger partial charge in [-0.3, -0.25) is 4.79 Å². The van der Waals surface area contributed by atoms with E-state index in [0.717, 1.165) is 0 Å². The second-order valence-corrected chi connectivity index (χ2v) is 4.03. The molecule has 4 nitrogen and oxygen atoms in total. The third-order valence-corrected chi connectivity index (χ3v) is 2.81. The normalized spacial score (nSPS) is 14.5. The van der Waals surface area contributed by atoms with E-state index >= 15 is 0 Å². The van der Waals surface area contributed by atoms with Gasteiger partial charge in [-0.2, -0.15) is 0 Å². The molecule has 4 heteroatoms. The summed E-state index contributed by atoms with van der Waals surface area (Å²) in [5.41, 5.74) is 0.583. The monoisotopic (exact) mass is 225 g/mol. The van der Waals surface area contributed by atoms with Crippen molar-refractivity contribution in [1.29, 1.82) is 0 Å². The van der Waals surface area contributed by atoms with Crippen LogP contribution >= 0.6 is 0 Å². The minimum atomic E-state index is -0.140. The van der Waals surface area contributed by atoms with E-state index in [9.17, 15) is 4.79 Å². The molecule has 1 amide bonds. The summed E-state index contributed by atoms with van der Waals surface area (Å²) in [5, 5.41) is 11.8. The van der Waals surface area contributed by atoms with E-state index in [2.05, 4.69) is 5.32 Å². The first-order valence-corrected chi connectivity index (χ1v) is 5.58. The molecule has 0 saturated carbocycles. The molecule has 1 heterocycles. The molecule has 1 aromatic rings. The van der Waals surface area contributed by atoms with E-state index < -0.39 is 0 Å². The second-order valence-electron chi connectivity index (χ2n) is 4.03. The van der Waals surface area contributed by atoms with Gasteiger partial charge in [0.2, 0.25) is 0 Å². The zero-order valence-electron chi connectivity index (χ0n) is 9.99. The Morgan fingerprint density at radius 1 is 1.56 bits per heavy atom. The summed E-state index contributed by atoms with van der Waals surface area (Å²) in [5.74, 6) is 0.598. The Morgan fingerprint density at radius 3 is 2.81 bits per heavy atom. The Kier molecular flexibility index (Phi) is 4.55. The number of amides is 1. The quantitative estimate of drug-likeness (QED) is 0.800. The lowest BCUT2D eigenvalue weighted by Gasteiger charge is -2.19. The minimum absolute atomic E-state index is 0.0425. The average molecular weight is 225 g/mol. The fraction of sp³-hybridized carbons (Fsp3) is 0.583. The van der Waals surface area contributed by atoms with Crippen LogP contribution in [-0.4, -0.2) is 23.7 Å². The van der Waals surface area contributed by atoms with Crippen molar-refractivity contribution < 1.29 is 14.3 Å². The number of hydrogen-bond acceptors (Lipinski definition) is 3. The van der Waals surface area contributed by atoms with E-state index in [1.54, 1.807) is 6.07 Å². The maximum Gasteiger partial charge on any atom is 0.255 e. The van der Waals surface area contributed by atoms with Gasteiger partial charge in [-0.05, 0) is 18.9 Å². The molecule has 0 aliphatic carbocycles. The lowest BCUT2D eigenvalue weighted by molar-refractivity contribution is 0.0914. The van der Waals surface area contributed by atoms with Crippen LogP contribution in [0.1, 0.15) is 36.9 Å². The number of aliphatic hydroxyl groups is 1. The fourth-order valence-corrected chi connectivity index (χ4v) is 1.40. The fourth-order valence-electron chi connectivity index (χ4n) is 1.40. The van der Waals surface area contributed by atoms with Gasteiger partial charge in [-0.15, -0.1) is 0 Å². The summed E-state index contributed by atoms with van der Waals surface area (Å²) in [6.07, 6.45) is 2.22. The van der Waals surface area contributed by atoms with E-state index in [1.165, 1.54) is 6.26 Å². The SMILES string of the molecule is CCc1occc1C(=O)NC(C)C(C)CO. The molecule has 0 spiro atoms. The highest BCUT2D eigenvalue weighted by atomic mass is 16.3. The minimum Gasteiger partial charge on any atom is -0.469 e. The summed E-state index contributed by atoms with van der Waals surface area (Å²) in [7, 11) is 0. The molecule has 2 unspecified atom stereocenters. The number of aryl methyl sites for hydroxylation is 1. The maximum atomic E-state index is 11.9. The van der Waals surface area contributed by atoms with Crippen LogP contribution in [0.25, 0.3) is 0 Å². The van der Waals surface area contributed by atoms with Gasteiger partial charge in [-0.25, -0.2) is 0 Å². The van der Waals surface area contributed by atoms with E-state index in [4.69, 9.17) is 9.52 Å². The van der Waals surface area contributed by atoms with Crippen molar-refractivity contribution in [2.45, 2.75) is 33.2 Å². The first kappa shape index (κ1) is 12.8. The summed E-state index contributed by atoms with van der Waals surface area (Å²) < 4.78 is 5.19. The standard InChI is InChI=1S/C12H19NO3/c1-4-11-10(5-6-16-11)12(15)13-9(3)8(2)7-14/h5-6,8-9,14H,4,7H2,1-3H3,(H,13,15). The summed E-state index contributed by atoms with van der Waals surface area (Å²) >= 11 is 0. The highest BCUT2D eigenvalue weighted by molar-refractivity contribution is 5.95. The van der Waals surface area contributed by atoms with Crippen LogP contribution < -0.4 is 5.32 Å². The zero-order valence-corrected chi connectivity index (χ0v) is 9.99. The van der Waals surface area contributed by atoms with Gasteiger partial charge in [0, 0.05) is 19.1 Å². The van der Waals surface area contributed by atoms with Crippen molar-refractivity contribution in [3.63, 3.8) is 0 Å². The summed E-state index contributed by atoms with van der Waals surface area (Å²) in [4.78, 5) is 11.9. The molecule has 0 fully saturated rings. The van der Waals surface area contributed by atoms with Crippen LogP contribution in [0.5, 0.6) is 0 Å². The molecule has 0 aliphatic rings. The molecule has 90 valence electrons. The van der Waals surface area contributed by atoms with Crippen molar-refractivity contribution >= 4 is 5.91 Å². The van der Waals surface area contributed by atoms with Crippen LogP contribution in [0.15, 0.2) is 16.7 Å². The van der Waals surface area contributed by atoms with Crippen LogP contribution in [-0.2, 0) is 6.42 Å². The van der Waals surface area contributed by atoms with Crippen molar-refractivity contribution in [2.75, 3.05) is 6.61 Å². The number of aliphatic hydroxyl groups excluding tert-OH is 1. The topological polar surface area (TPSA) is 62.5 Å². The molecule has 0 radical (unpaired) electrons. The van der Waals surface area contributed by atoms with Crippen LogP contribution in [0.2, 0.25) is 0 Å². The molecule has 2 atom stereocenters. The smallest absolute Gasteiger partial charge is 0.255 e. The largest absolute Gasteiger partial charge is 0.469 e. The van der Waals surface area contributed by atoms with Crippen molar-refractivity contribution in [3.8, 4) is 0 Å². The van der Waals surface area contributed by atoms with E-state index in [-0.39, 0.29) is 24.5 Å². The van der Waals surface area contributed by atoms with Gasteiger partial charge in [0.05, 0.1) is 11.8 Å². The molecule has 0 saturated heterocycles. The molecule has 0 aromatic carbocycles. The van der Waals surface area contributed by atoms with Crippen LogP contribution in [0, 0.1) is 5.92 Å². The Hall–Kier alpha value is -1.29. The van der Waals surface area contributed by atoms with Gasteiger partial charge in [0.25, 0.3) is 5.91 Å². The molecule has 1 aromatic heterocycles. The van der Waals surface area contributed by atoms with Gasteiger partial charge >= 0.3 is 0 Å².